The summed E-state index contributed by atoms with van der Waals surface area (Å²) in [5.74, 6) is 0.0674. The highest BCUT2D eigenvalue weighted by Crippen LogP contribution is 2.15. The number of rotatable bonds is 10. The maximum atomic E-state index is 12.9. The van der Waals surface area contributed by atoms with E-state index in [1.807, 2.05) is 39.2 Å². The van der Waals surface area contributed by atoms with Gasteiger partial charge < -0.3 is 15.5 Å². The largest absolute Gasteiger partial charge is 0.340 e. The number of nitrogens with zero attached hydrogens (tertiary/aromatic N) is 1. The van der Waals surface area contributed by atoms with E-state index < -0.39 is 6.04 Å². The van der Waals surface area contributed by atoms with E-state index in [0.29, 0.717) is 36.3 Å². The lowest BCUT2D eigenvalue weighted by molar-refractivity contribution is -0.118. The summed E-state index contributed by atoms with van der Waals surface area (Å²) in [4.78, 5) is 39.9. The lowest BCUT2D eigenvalue weighted by Crippen LogP contribution is -2.44. The zero-order valence-corrected chi connectivity index (χ0v) is 19.4. The van der Waals surface area contributed by atoms with Crippen molar-refractivity contribution in [2.45, 2.75) is 33.2 Å². The lowest BCUT2D eigenvalue weighted by Gasteiger charge is -2.20. The Kier molecular flexibility index (Phi) is 9.59. The lowest BCUT2D eigenvalue weighted by atomic mass is 10.1. The van der Waals surface area contributed by atoms with Gasteiger partial charge in [-0.05, 0) is 69.5 Å². The number of carbonyl (C=O) groups excluding carboxylic acids is 3. The van der Waals surface area contributed by atoms with Crippen molar-refractivity contribution >= 4 is 35.2 Å². The molecule has 0 bridgehead atoms. The van der Waals surface area contributed by atoms with E-state index in [2.05, 4.69) is 10.6 Å². The third kappa shape index (κ3) is 7.14. The summed E-state index contributed by atoms with van der Waals surface area (Å²) >= 11 is 1.61. The minimum Gasteiger partial charge on any atom is -0.340 e. The van der Waals surface area contributed by atoms with Gasteiger partial charge in [0, 0.05) is 29.9 Å². The molecule has 0 heterocycles. The van der Waals surface area contributed by atoms with Crippen LogP contribution in [-0.2, 0) is 4.79 Å². The Morgan fingerprint density at radius 2 is 1.68 bits per heavy atom. The fourth-order valence-electron chi connectivity index (χ4n) is 3.19. The fraction of sp³-hybridized carbons (Fsp3) is 0.375. The second kappa shape index (κ2) is 12.2. The molecule has 6 nitrogen and oxygen atoms in total. The van der Waals surface area contributed by atoms with Crippen molar-refractivity contribution in [2.24, 2.45) is 0 Å². The monoisotopic (exact) mass is 441 g/mol. The van der Waals surface area contributed by atoms with Gasteiger partial charge in [0.15, 0.2) is 0 Å². The molecule has 2 aromatic rings. The van der Waals surface area contributed by atoms with Crippen LogP contribution in [0.3, 0.4) is 0 Å². The van der Waals surface area contributed by atoms with E-state index >= 15 is 0 Å². The molecule has 2 rings (SSSR count). The number of benzene rings is 2. The van der Waals surface area contributed by atoms with E-state index in [-0.39, 0.29) is 17.7 Å². The van der Waals surface area contributed by atoms with Crippen LogP contribution in [-0.4, -0.2) is 53.8 Å². The number of aryl methyl sites for hydroxylation is 1. The van der Waals surface area contributed by atoms with Crippen LogP contribution in [0.4, 0.5) is 5.69 Å². The van der Waals surface area contributed by atoms with Gasteiger partial charge in [-0.15, -0.1) is 0 Å². The van der Waals surface area contributed by atoms with Crippen LogP contribution < -0.4 is 10.6 Å². The standard InChI is InChI=1S/C24H31N3O3S/c1-5-27(6-2)24(30)19-11-8-12-20(16-19)25-23(29)21(13-14-31-4)26-22(28)18-10-7-9-17(3)15-18/h7-12,15-16,21H,5-6,13-14H2,1-4H3,(H,25,29)(H,26,28). The van der Waals surface area contributed by atoms with Gasteiger partial charge in [0.05, 0.1) is 0 Å². The third-order valence-electron chi connectivity index (χ3n) is 4.94. The molecule has 0 spiro atoms. The summed E-state index contributed by atoms with van der Waals surface area (Å²) in [5.41, 5.74) is 2.55. The van der Waals surface area contributed by atoms with E-state index in [9.17, 15) is 14.4 Å². The summed E-state index contributed by atoms with van der Waals surface area (Å²) < 4.78 is 0. The van der Waals surface area contributed by atoms with Gasteiger partial charge in [-0.25, -0.2) is 0 Å². The maximum Gasteiger partial charge on any atom is 0.253 e. The number of nitrogens with one attached hydrogen (secondary N) is 2. The minimum atomic E-state index is -0.678. The zero-order chi connectivity index (χ0) is 22.8. The van der Waals surface area contributed by atoms with Crippen molar-refractivity contribution in [1.82, 2.24) is 10.2 Å². The van der Waals surface area contributed by atoms with E-state index in [0.717, 1.165) is 11.3 Å². The summed E-state index contributed by atoms with van der Waals surface area (Å²) in [5, 5.41) is 5.71. The molecule has 0 aliphatic carbocycles. The van der Waals surface area contributed by atoms with Gasteiger partial charge in [0.2, 0.25) is 5.91 Å². The third-order valence-corrected chi connectivity index (χ3v) is 5.58. The van der Waals surface area contributed by atoms with Gasteiger partial charge in [-0.1, -0.05) is 23.8 Å². The van der Waals surface area contributed by atoms with Crippen LogP contribution in [0.15, 0.2) is 48.5 Å². The number of thioether (sulfide) groups is 1. The maximum absolute atomic E-state index is 12.9. The smallest absolute Gasteiger partial charge is 0.253 e. The molecule has 0 aliphatic heterocycles. The molecule has 0 saturated heterocycles. The molecule has 7 heteroatoms. The molecule has 3 amide bonds. The average Bonchev–Trinajstić information content (AvgIpc) is 2.77. The topological polar surface area (TPSA) is 78.5 Å². The SMILES string of the molecule is CCN(CC)C(=O)c1cccc(NC(=O)C(CCSC)NC(=O)c2cccc(C)c2)c1. The van der Waals surface area contributed by atoms with Crippen molar-refractivity contribution in [3.05, 3.63) is 65.2 Å². The average molecular weight is 442 g/mol. The van der Waals surface area contributed by atoms with Gasteiger partial charge in [0.1, 0.15) is 6.04 Å². The molecule has 0 saturated carbocycles. The van der Waals surface area contributed by atoms with Crippen molar-refractivity contribution in [1.29, 1.82) is 0 Å². The first-order valence-electron chi connectivity index (χ1n) is 10.5. The predicted octanol–water partition coefficient (Wildman–Crippen LogP) is 3.97. The summed E-state index contributed by atoms with van der Waals surface area (Å²) in [7, 11) is 0. The number of carbonyl (C=O) groups is 3. The quantitative estimate of drug-likeness (QED) is 0.585. The molecule has 0 radical (unpaired) electrons. The number of anilines is 1. The van der Waals surface area contributed by atoms with Crippen molar-refractivity contribution in [3.8, 4) is 0 Å². The molecular formula is C24H31N3O3S. The Labute approximate surface area is 188 Å². The Morgan fingerprint density at radius 3 is 2.32 bits per heavy atom. The number of amides is 3. The molecule has 1 unspecified atom stereocenters. The first-order chi connectivity index (χ1) is 14.9. The molecule has 31 heavy (non-hydrogen) atoms. The Morgan fingerprint density at radius 1 is 1.00 bits per heavy atom. The van der Waals surface area contributed by atoms with Gasteiger partial charge in [-0.2, -0.15) is 11.8 Å². The molecule has 2 aromatic carbocycles. The summed E-state index contributed by atoms with van der Waals surface area (Å²) in [6.45, 7) is 7.02. The zero-order valence-electron chi connectivity index (χ0n) is 18.6. The summed E-state index contributed by atoms with van der Waals surface area (Å²) in [6.07, 6.45) is 2.46. The first-order valence-corrected chi connectivity index (χ1v) is 11.9. The van der Waals surface area contributed by atoms with Crippen LogP contribution in [0.2, 0.25) is 0 Å². The Balaban J connectivity index is 2.14. The first kappa shape index (κ1) is 24.5. The molecule has 2 N–H and O–H groups in total. The second-order valence-corrected chi connectivity index (χ2v) is 8.21. The predicted molar refractivity (Wildman–Crippen MR) is 128 cm³/mol. The van der Waals surface area contributed by atoms with Crippen LogP contribution >= 0.6 is 11.8 Å². The molecule has 0 fully saturated rings. The molecule has 1 atom stereocenters. The van der Waals surface area contributed by atoms with Gasteiger partial charge >= 0.3 is 0 Å². The summed E-state index contributed by atoms with van der Waals surface area (Å²) in [6, 6.07) is 13.5. The second-order valence-electron chi connectivity index (χ2n) is 7.22. The van der Waals surface area contributed by atoms with Gasteiger partial charge in [0.25, 0.3) is 11.8 Å². The molecule has 166 valence electrons. The van der Waals surface area contributed by atoms with Crippen molar-refractivity contribution < 1.29 is 14.4 Å². The van der Waals surface area contributed by atoms with Crippen molar-refractivity contribution in [3.63, 3.8) is 0 Å². The molecule has 0 aromatic heterocycles. The van der Waals surface area contributed by atoms with Crippen LogP contribution in [0, 0.1) is 6.92 Å². The van der Waals surface area contributed by atoms with E-state index in [4.69, 9.17) is 0 Å². The van der Waals surface area contributed by atoms with Crippen LogP contribution in [0.25, 0.3) is 0 Å². The highest BCUT2D eigenvalue weighted by atomic mass is 32.2. The van der Waals surface area contributed by atoms with Gasteiger partial charge in [-0.3, -0.25) is 14.4 Å². The Bertz CT molecular complexity index is 912. The normalized spacial score (nSPS) is 11.5. The minimum absolute atomic E-state index is 0.0761. The molecule has 0 aliphatic rings. The number of hydrogen-bond acceptors (Lipinski definition) is 4. The highest BCUT2D eigenvalue weighted by Gasteiger charge is 2.22. The van der Waals surface area contributed by atoms with E-state index in [1.165, 1.54) is 0 Å². The van der Waals surface area contributed by atoms with Crippen LogP contribution in [0.1, 0.15) is 46.5 Å². The van der Waals surface area contributed by atoms with Crippen molar-refractivity contribution in [2.75, 3.05) is 30.4 Å². The number of hydrogen-bond donors (Lipinski definition) is 2. The molecular weight excluding hydrogens is 410 g/mol. The van der Waals surface area contributed by atoms with E-state index in [1.54, 1.807) is 53.1 Å². The van der Waals surface area contributed by atoms with Crippen LogP contribution in [0.5, 0.6) is 0 Å². The highest BCUT2D eigenvalue weighted by molar-refractivity contribution is 7.98. The fourth-order valence-corrected chi connectivity index (χ4v) is 3.66. The Hall–Kier alpha value is -2.80.